The molecule has 2 atom stereocenters. The smallest absolute Gasteiger partial charge is 0.417 e. The molecule has 1 aromatic carbocycles. The number of nitrogens with zero attached hydrogens (tertiary/aromatic N) is 2. The van der Waals surface area contributed by atoms with Crippen molar-refractivity contribution in [2.24, 2.45) is 4.99 Å². The number of halogens is 4. The molecule has 2 fully saturated rings. The van der Waals surface area contributed by atoms with Crippen LogP contribution in [0, 0.1) is 0 Å². The van der Waals surface area contributed by atoms with Crippen molar-refractivity contribution < 1.29 is 35.9 Å². The fraction of sp³-hybridized carbons (Fsp3) is 0.550. The number of hydrogen-bond donors (Lipinski definition) is 1. The summed E-state index contributed by atoms with van der Waals surface area (Å²) in [7, 11) is -3.40. The van der Waals surface area contributed by atoms with E-state index in [9.17, 15) is 31.2 Å². The monoisotopic (exact) mass is 541 g/mol. The Morgan fingerprint density at radius 1 is 1.26 bits per heavy atom. The van der Waals surface area contributed by atoms with E-state index in [4.69, 9.17) is 16.3 Å². The van der Waals surface area contributed by atoms with E-state index in [0.29, 0.717) is 0 Å². The van der Waals surface area contributed by atoms with E-state index in [1.165, 1.54) is 11.0 Å². The highest BCUT2D eigenvalue weighted by Gasteiger charge is 2.49. The minimum Gasteiger partial charge on any atom is -0.444 e. The van der Waals surface area contributed by atoms with Crippen LogP contribution in [0.25, 0.3) is 0 Å². The molecule has 1 N–H and O–H groups in total. The zero-order valence-corrected chi connectivity index (χ0v) is 20.9. The van der Waals surface area contributed by atoms with Crippen molar-refractivity contribution >= 4 is 56.1 Å². The molecule has 2 saturated heterocycles. The SMILES string of the molecule is CC(C)(C)OC(=O)NCCC(=O)N=C1S[C@@H]2CS(=O)(=O)C[C@H]2N1c1ccc(Cl)c(C(F)(F)F)c1. The van der Waals surface area contributed by atoms with Gasteiger partial charge >= 0.3 is 12.3 Å². The Bertz CT molecular complexity index is 1120. The molecule has 8 nitrogen and oxygen atoms in total. The van der Waals surface area contributed by atoms with Crippen LogP contribution in [0.4, 0.5) is 23.7 Å². The maximum Gasteiger partial charge on any atom is 0.417 e. The lowest BCUT2D eigenvalue weighted by atomic mass is 10.1. The number of carbonyl (C=O) groups excluding carboxylic acids is 2. The number of aliphatic imine (C=N–C) groups is 1. The number of thioether (sulfide) groups is 1. The van der Waals surface area contributed by atoms with Gasteiger partial charge in [0.1, 0.15) is 5.60 Å². The van der Waals surface area contributed by atoms with Crippen LogP contribution in [0.5, 0.6) is 0 Å². The zero-order valence-electron chi connectivity index (χ0n) is 18.5. The summed E-state index contributed by atoms with van der Waals surface area (Å²) in [5.41, 5.74) is -1.75. The number of amidine groups is 1. The zero-order chi connectivity index (χ0) is 25.5. The van der Waals surface area contributed by atoms with Crippen LogP contribution in [0.1, 0.15) is 32.8 Å². The molecule has 1 aromatic rings. The van der Waals surface area contributed by atoms with Gasteiger partial charge in [0.15, 0.2) is 15.0 Å². The lowest BCUT2D eigenvalue weighted by Gasteiger charge is -2.25. The van der Waals surface area contributed by atoms with Gasteiger partial charge in [0.25, 0.3) is 0 Å². The number of amides is 2. The van der Waals surface area contributed by atoms with Crippen LogP contribution in [0.15, 0.2) is 23.2 Å². The number of alkyl halides is 3. The molecule has 14 heteroatoms. The molecule has 0 aromatic heterocycles. The van der Waals surface area contributed by atoms with Gasteiger partial charge in [0.05, 0.1) is 28.1 Å². The highest BCUT2D eigenvalue weighted by atomic mass is 35.5. The molecule has 0 bridgehead atoms. The molecule has 2 heterocycles. The third kappa shape index (κ3) is 6.57. The van der Waals surface area contributed by atoms with Gasteiger partial charge in [-0.15, -0.1) is 0 Å². The molecular formula is C20H23ClF3N3O5S2. The first-order chi connectivity index (χ1) is 15.6. The first kappa shape index (κ1) is 26.6. The molecule has 0 radical (unpaired) electrons. The number of fused-ring (bicyclic) bond motifs is 1. The van der Waals surface area contributed by atoms with E-state index < -0.39 is 55.5 Å². The van der Waals surface area contributed by atoms with E-state index in [2.05, 4.69) is 10.3 Å². The van der Waals surface area contributed by atoms with Crippen LogP contribution in [-0.4, -0.2) is 60.5 Å². The van der Waals surface area contributed by atoms with Gasteiger partial charge in [-0.1, -0.05) is 23.4 Å². The predicted molar refractivity (Wildman–Crippen MR) is 124 cm³/mol. The Hall–Kier alpha value is -1.99. The number of ether oxygens (including phenoxy) is 1. The van der Waals surface area contributed by atoms with Crippen LogP contribution >= 0.6 is 23.4 Å². The molecule has 188 valence electrons. The normalized spacial score (nSPS) is 23.1. The van der Waals surface area contributed by atoms with Gasteiger partial charge in [-0.25, -0.2) is 13.2 Å². The van der Waals surface area contributed by atoms with E-state index in [-0.39, 0.29) is 35.3 Å². The summed E-state index contributed by atoms with van der Waals surface area (Å²) >= 11 is 6.75. The second-order valence-electron chi connectivity index (χ2n) is 8.80. The lowest BCUT2D eigenvalue weighted by molar-refractivity contribution is -0.137. The van der Waals surface area contributed by atoms with E-state index in [0.717, 1.165) is 23.9 Å². The Labute approximate surface area is 204 Å². The minimum absolute atomic E-state index is 0.0345. The van der Waals surface area contributed by atoms with Crippen molar-refractivity contribution in [2.45, 2.75) is 50.3 Å². The summed E-state index contributed by atoms with van der Waals surface area (Å²) in [6.45, 7) is 5.00. The Kier molecular flexibility index (Phi) is 7.49. The second kappa shape index (κ2) is 9.57. The molecule has 0 saturated carbocycles. The average molecular weight is 542 g/mol. The fourth-order valence-electron chi connectivity index (χ4n) is 3.50. The Balaban J connectivity index is 1.82. The largest absolute Gasteiger partial charge is 0.444 e. The van der Waals surface area contributed by atoms with Crippen molar-refractivity contribution in [2.75, 3.05) is 23.0 Å². The van der Waals surface area contributed by atoms with Crippen LogP contribution < -0.4 is 10.2 Å². The second-order valence-corrected chi connectivity index (χ2v) is 12.6. The first-order valence-electron chi connectivity index (χ1n) is 10.2. The highest BCUT2D eigenvalue weighted by molar-refractivity contribution is 8.16. The number of hydrogen-bond acceptors (Lipinski definition) is 6. The van der Waals surface area contributed by atoms with Crippen molar-refractivity contribution in [1.29, 1.82) is 0 Å². The summed E-state index contributed by atoms with van der Waals surface area (Å²) in [5, 5.41) is 1.54. The van der Waals surface area contributed by atoms with Crippen LogP contribution in [-0.2, 0) is 25.5 Å². The molecule has 0 spiro atoms. The maximum absolute atomic E-state index is 13.4. The topological polar surface area (TPSA) is 105 Å². The molecular weight excluding hydrogens is 519 g/mol. The van der Waals surface area contributed by atoms with Crippen molar-refractivity contribution in [1.82, 2.24) is 5.32 Å². The number of anilines is 1. The highest BCUT2D eigenvalue weighted by Crippen LogP contribution is 2.43. The van der Waals surface area contributed by atoms with Crippen molar-refractivity contribution in [3.63, 3.8) is 0 Å². The summed E-state index contributed by atoms with van der Waals surface area (Å²) in [5.74, 6) is -1.08. The number of benzene rings is 1. The number of rotatable bonds is 4. The summed E-state index contributed by atoms with van der Waals surface area (Å²) in [6, 6.07) is 2.55. The van der Waals surface area contributed by atoms with Gasteiger partial charge in [-0.3, -0.25) is 4.79 Å². The number of carbonyl (C=O) groups is 2. The van der Waals surface area contributed by atoms with Gasteiger partial charge in [0, 0.05) is 23.9 Å². The van der Waals surface area contributed by atoms with E-state index in [1.807, 2.05) is 0 Å². The standard InChI is InChI=1S/C20H23ClF3N3O5S2/c1-19(2,3)32-18(29)25-7-6-16(28)26-17-27(14-9-34(30,31)10-15(14)33-17)11-4-5-13(21)12(8-11)20(22,23)24/h4-5,8,14-15H,6-7,9-10H2,1-3H3,(H,25,29)/t14-,15-/m1/s1. The molecule has 0 aliphatic carbocycles. The summed E-state index contributed by atoms with van der Waals surface area (Å²) in [4.78, 5) is 29.5. The predicted octanol–water partition coefficient (Wildman–Crippen LogP) is 3.88. The molecule has 0 unspecified atom stereocenters. The minimum atomic E-state index is -4.72. The van der Waals surface area contributed by atoms with Crippen molar-refractivity contribution in [3.05, 3.63) is 28.8 Å². The third-order valence-electron chi connectivity index (χ3n) is 4.83. The maximum atomic E-state index is 13.4. The van der Waals surface area contributed by atoms with Crippen LogP contribution in [0.2, 0.25) is 5.02 Å². The van der Waals surface area contributed by atoms with Gasteiger partial charge in [-0.2, -0.15) is 18.2 Å². The van der Waals surface area contributed by atoms with Crippen LogP contribution in [0.3, 0.4) is 0 Å². The molecule has 2 amide bonds. The molecule has 2 aliphatic rings. The quantitative estimate of drug-likeness (QED) is 0.617. The molecule has 34 heavy (non-hydrogen) atoms. The van der Waals surface area contributed by atoms with E-state index in [1.54, 1.807) is 20.8 Å². The van der Waals surface area contributed by atoms with Gasteiger partial charge < -0.3 is 15.0 Å². The summed E-state index contributed by atoms with van der Waals surface area (Å²) in [6.07, 6.45) is -5.61. The lowest BCUT2D eigenvalue weighted by Crippen LogP contribution is -2.38. The Morgan fingerprint density at radius 3 is 2.56 bits per heavy atom. The molecule has 3 rings (SSSR count). The number of alkyl carbamates (subject to hydrolysis) is 1. The third-order valence-corrected chi connectivity index (χ3v) is 8.37. The average Bonchev–Trinajstić information content (AvgIpc) is 3.10. The van der Waals surface area contributed by atoms with E-state index >= 15 is 0 Å². The first-order valence-corrected chi connectivity index (χ1v) is 13.2. The van der Waals surface area contributed by atoms with Gasteiger partial charge in [-0.05, 0) is 39.0 Å². The van der Waals surface area contributed by atoms with Crippen molar-refractivity contribution in [3.8, 4) is 0 Å². The Morgan fingerprint density at radius 2 is 1.94 bits per heavy atom. The summed E-state index contributed by atoms with van der Waals surface area (Å²) < 4.78 is 69.5. The fourth-order valence-corrected chi connectivity index (χ4v) is 7.65. The molecule has 2 aliphatic heterocycles. The number of sulfone groups is 1. The van der Waals surface area contributed by atoms with Gasteiger partial charge in [0.2, 0.25) is 5.91 Å². The number of nitrogens with one attached hydrogen (secondary N) is 1.